The topological polar surface area (TPSA) is 105 Å². The number of halogens is 1. The van der Waals surface area contributed by atoms with Gasteiger partial charge in [-0.2, -0.15) is 9.19 Å². The van der Waals surface area contributed by atoms with Gasteiger partial charge < -0.3 is 4.74 Å². The molecule has 0 saturated carbocycles. The van der Waals surface area contributed by atoms with Crippen LogP contribution in [0.25, 0.3) is 33.5 Å². The lowest BCUT2D eigenvalue weighted by molar-refractivity contribution is 0.414. The van der Waals surface area contributed by atoms with E-state index in [9.17, 15) is 8.42 Å². The Kier molecular flexibility index (Phi) is 7.56. The predicted molar refractivity (Wildman–Crippen MR) is 163 cm³/mol. The summed E-state index contributed by atoms with van der Waals surface area (Å²) in [5.74, 6) is 1.38. The second kappa shape index (κ2) is 11.6. The Labute approximate surface area is 247 Å². The van der Waals surface area contributed by atoms with E-state index in [4.69, 9.17) is 16.3 Å². The minimum atomic E-state index is -4.02. The molecule has 11 heteroatoms. The zero-order valence-electron chi connectivity index (χ0n) is 22.4. The number of aromatic nitrogens is 6. The standard InChI is InChI=1S/C31H25ClN6O3S/c1-41-26-17-11-22(12-18-26)21-37-31(33-35-36-37)25-15-13-24(14-16-25)30-27-9-5-6-10-28(27)38(34-30)42(39,40)29(19-20-32)23-7-3-2-4-8-23/h2-20,29H,21H2,1H3. The first kappa shape index (κ1) is 27.4. The number of ether oxygens (including phenoxy) is 1. The van der Waals surface area contributed by atoms with E-state index < -0.39 is 15.3 Å². The number of para-hydroxylation sites is 1. The summed E-state index contributed by atoms with van der Waals surface area (Å²) in [7, 11) is -2.39. The summed E-state index contributed by atoms with van der Waals surface area (Å²) in [6.45, 7) is 0.486. The SMILES string of the molecule is COc1ccc(Cn2nnnc2-c2ccc(-c3nn(S(=O)(=O)C(C=CCl)c4ccccc4)c4ccccc34)cc2)cc1. The number of tetrazole rings is 1. The third-order valence-corrected chi connectivity index (χ3v) is 8.91. The van der Waals surface area contributed by atoms with E-state index in [-0.39, 0.29) is 0 Å². The minimum Gasteiger partial charge on any atom is -0.497 e. The van der Waals surface area contributed by atoms with Crippen LogP contribution < -0.4 is 4.74 Å². The van der Waals surface area contributed by atoms with Crippen LogP contribution in [0.2, 0.25) is 0 Å². The van der Waals surface area contributed by atoms with Crippen molar-refractivity contribution in [3.05, 3.63) is 126 Å². The maximum Gasteiger partial charge on any atom is 0.265 e. The predicted octanol–water partition coefficient (Wildman–Crippen LogP) is 6.09. The molecule has 2 aromatic heterocycles. The summed E-state index contributed by atoms with van der Waals surface area (Å²) in [6.07, 6.45) is 1.45. The molecule has 0 saturated heterocycles. The van der Waals surface area contributed by atoms with Crippen molar-refractivity contribution in [1.29, 1.82) is 0 Å². The normalized spacial score (nSPS) is 12.6. The smallest absolute Gasteiger partial charge is 0.265 e. The van der Waals surface area contributed by atoms with Gasteiger partial charge in [0.15, 0.2) is 5.82 Å². The quantitative estimate of drug-likeness (QED) is 0.199. The van der Waals surface area contributed by atoms with Gasteiger partial charge in [-0.25, -0.2) is 13.1 Å². The molecule has 0 fully saturated rings. The molecule has 0 aliphatic carbocycles. The van der Waals surface area contributed by atoms with Crippen molar-refractivity contribution in [3.63, 3.8) is 0 Å². The molecule has 0 radical (unpaired) electrons. The van der Waals surface area contributed by atoms with Gasteiger partial charge in [-0.15, -0.1) is 5.10 Å². The van der Waals surface area contributed by atoms with Gasteiger partial charge in [-0.1, -0.05) is 96.5 Å². The first-order chi connectivity index (χ1) is 20.5. The molecule has 210 valence electrons. The number of fused-ring (bicyclic) bond motifs is 1. The highest BCUT2D eigenvalue weighted by atomic mass is 35.5. The van der Waals surface area contributed by atoms with Crippen LogP contribution in [0, 0.1) is 0 Å². The van der Waals surface area contributed by atoms with Gasteiger partial charge in [0.2, 0.25) is 0 Å². The molecule has 6 rings (SSSR count). The molecule has 2 heterocycles. The molecule has 0 N–H and O–H groups in total. The second-order valence-corrected chi connectivity index (χ2v) is 11.6. The van der Waals surface area contributed by atoms with E-state index in [0.717, 1.165) is 26.5 Å². The van der Waals surface area contributed by atoms with Crippen LogP contribution in [0.15, 0.2) is 115 Å². The van der Waals surface area contributed by atoms with Crippen molar-refractivity contribution >= 4 is 32.5 Å². The van der Waals surface area contributed by atoms with E-state index in [0.29, 0.717) is 34.5 Å². The number of benzene rings is 4. The first-order valence-corrected chi connectivity index (χ1v) is 15.0. The van der Waals surface area contributed by atoms with Crippen LogP contribution in [-0.2, 0) is 16.6 Å². The Morgan fingerprint density at radius 2 is 1.57 bits per heavy atom. The molecular formula is C31H25ClN6O3S. The van der Waals surface area contributed by atoms with Crippen LogP contribution in [0.4, 0.5) is 0 Å². The van der Waals surface area contributed by atoms with Gasteiger partial charge in [0.1, 0.15) is 16.7 Å². The van der Waals surface area contributed by atoms with E-state index in [1.807, 2.05) is 66.7 Å². The van der Waals surface area contributed by atoms with Gasteiger partial charge in [-0.05, 0) is 45.8 Å². The van der Waals surface area contributed by atoms with Gasteiger partial charge in [0.25, 0.3) is 10.0 Å². The van der Waals surface area contributed by atoms with E-state index >= 15 is 0 Å². The molecular weight excluding hydrogens is 572 g/mol. The lowest BCUT2D eigenvalue weighted by Gasteiger charge is -2.15. The van der Waals surface area contributed by atoms with Crippen molar-refractivity contribution in [3.8, 4) is 28.4 Å². The molecule has 0 aliphatic rings. The molecule has 6 aromatic rings. The van der Waals surface area contributed by atoms with Crippen LogP contribution in [0.1, 0.15) is 16.4 Å². The Morgan fingerprint density at radius 1 is 0.881 bits per heavy atom. The third-order valence-electron chi connectivity index (χ3n) is 6.93. The largest absolute Gasteiger partial charge is 0.497 e. The van der Waals surface area contributed by atoms with Crippen LogP contribution in [-0.4, -0.2) is 44.9 Å². The van der Waals surface area contributed by atoms with Crippen molar-refractivity contribution in [2.24, 2.45) is 0 Å². The highest BCUT2D eigenvalue weighted by Crippen LogP contribution is 2.34. The summed E-state index contributed by atoms with van der Waals surface area (Å²) in [6, 6.07) is 31.5. The van der Waals surface area contributed by atoms with Crippen molar-refractivity contribution in [2.45, 2.75) is 11.8 Å². The monoisotopic (exact) mass is 596 g/mol. The Morgan fingerprint density at radius 3 is 2.29 bits per heavy atom. The maximum absolute atomic E-state index is 14.0. The van der Waals surface area contributed by atoms with Gasteiger partial charge in [0.05, 0.1) is 19.2 Å². The lowest BCUT2D eigenvalue weighted by atomic mass is 10.1. The van der Waals surface area contributed by atoms with E-state index in [2.05, 4.69) is 20.6 Å². The average molecular weight is 597 g/mol. The zero-order valence-corrected chi connectivity index (χ0v) is 24.0. The summed E-state index contributed by atoms with van der Waals surface area (Å²) in [5.41, 5.74) is 5.42. The molecule has 0 bridgehead atoms. The fourth-order valence-corrected chi connectivity index (χ4v) is 6.70. The second-order valence-electron chi connectivity index (χ2n) is 9.49. The summed E-state index contributed by atoms with van der Waals surface area (Å²) in [4.78, 5) is 0. The Bertz CT molecular complexity index is 1970. The van der Waals surface area contributed by atoms with Crippen LogP contribution in [0.3, 0.4) is 0 Å². The Hall–Kier alpha value is -4.80. The fourth-order valence-electron chi connectivity index (χ4n) is 4.84. The maximum atomic E-state index is 14.0. The van der Waals surface area contributed by atoms with Crippen LogP contribution in [0.5, 0.6) is 5.75 Å². The van der Waals surface area contributed by atoms with Crippen molar-refractivity contribution in [2.75, 3.05) is 7.11 Å². The highest BCUT2D eigenvalue weighted by molar-refractivity contribution is 7.90. The molecule has 0 aliphatic heterocycles. The summed E-state index contributed by atoms with van der Waals surface area (Å²) >= 11 is 5.89. The number of hydrogen-bond donors (Lipinski definition) is 0. The van der Waals surface area contributed by atoms with Gasteiger partial charge in [0, 0.05) is 22.0 Å². The van der Waals surface area contributed by atoms with E-state index in [1.54, 1.807) is 48.2 Å². The van der Waals surface area contributed by atoms with E-state index in [1.165, 1.54) is 11.6 Å². The zero-order chi connectivity index (χ0) is 29.1. The number of nitrogens with zero attached hydrogens (tertiary/aromatic N) is 6. The molecule has 42 heavy (non-hydrogen) atoms. The molecule has 9 nitrogen and oxygen atoms in total. The first-order valence-electron chi connectivity index (χ1n) is 13.0. The summed E-state index contributed by atoms with van der Waals surface area (Å²) in [5, 5.41) is 16.6. The number of methoxy groups -OCH3 is 1. The van der Waals surface area contributed by atoms with Gasteiger partial charge in [-0.3, -0.25) is 0 Å². The molecule has 0 spiro atoms. The summed E-state index contributed by atoms with van der Waals surface area (Å²) < 4.78 is 36.0. The van der Waals surface area contributed by atoms with Crippen molar-refractivity contribution < 1.29 is 13.2 Å². The fraction of sp³-hybridized carbons (Fsp3) is 0.0968. The third kappa shape index (κ3) is 5.17. The molecule has 1 atom stereocenters. The van der Waals surface area contributed by atoms with Gasteiger partial charge >= 0.3 is 0 Å². The lowest BCUT2D eigenvalue weighted by Crippen LogP contribution is -2.21. The Balaban J connectivity index is 1.36. The molecule has 4 aromatic carbocycles. The average Bonchev–Trinajstić information content (AvgIpc) is 3.66. The number of rotatable bonds is 9. The molecule has 1 unspecified atom stereocenters. The number of hydrogen-bond acceptors (Lipinski definition) is 7. The van der Waals surface area contributed by atoms with Crippen LogP contribution >= 0.6 is 11.6 Å². The molecule has 0 amide bonds. The minimum absolute atomic E-state index is 0.476. The highest BCUT2D eigenvalue weighted by Gasteiger charge is 2.30. The van der Waals surface area contributed by atoms with Crippen molar-refractivity contribution in [1.82, 2.24) is 29.4 Å².